The number of halogens is 3. The Morgan fingerprint density at radius 1 is 1.10 bits per heavy atom. The molecule has 152 valence electrons. The molecule has 3 aromatic rings. The van der Waals surface area contributed by atoms with Crippen molar-refractivity contribution in [3.05, 3.63) is 54.1 Å². The van der Waals surface area contributed by atoms with Crippen LogP contribution in [0.1, 0.15) is 13.8 Å². The lowest BCUT2D eigenvalue weighted by atomic mass is 10.2. The van der Waals surface area contributed by atoms with Gasteiger partial charge in [0.25, 0.3) is 0 Å². The highest BCUT2D eigenvalue weighted by molar-refractivity contribution is 7.99. The van der Waals surface area contributed by atoms with Crippen molar-refractivity contribution >= 4 is 23.4 Å². The Hall–Kier alpha value is -2.88. The van der Waals surface area contributed by atoms with Crippen LogP contribution in [0.2, 0.25) is 0 Å². The van der Waals surface area contributed by atoms with Crippen LogP contribution in [-0.2, 0) is 11.3 Å². The molecule has 10 heteroatoms. The summed E-state index contributed by atoms with van der Waals surface area (Å²) in [5.41, 5.74) is 0.420. The molecule has 6 nitrogen and oxygen atoms in total. The third-order valence-electron chi connectivity index (χ3n) is 3.84. The van der Waals surface area contributed by atoms with Gasteiger partial charge in [-0.1, -0.05) is 25.6 Å². The molecule has 29 heavy (non-hydrogen) atoms. The SMILES string of the molecule is CC(C)Cn1c(SCC(=O)Nc2ccc(F)c(F)c2F)nnc1-c1ccncc1. The number of amides is 1. The van der Waals surface area contributed by atoms with Gasteiger partial charge < -0.3 is 9.88 Å². The second-order valence-electron chi connectivity index (χ2n) is 6.61. The number of thioether (sulfide) groups is 1. The summed E-state index contributed by atoms with van der Waals surface area (Å²) < 4.78 is 41.9. The first-order valence-electron chi connectivity index (χ1n) is 8.76. The Kier molecular flexibility index (Phi) is 6.53. The van der Waals surface area contributed by atoms with E-state index in [4.69, 9.17) is 0 Å². The van der Waals surface area contributed by atoms with E-state index < -0.39 is 29.0 Å². The third kappa shape index (κ3) is 4.94. The number of carbonyl (C=O) groups is 1. The Labute approximate surface area is 169 Å². The van der Waals surface area contributed by atoms with Gasteiger partial charge in [0.1, 0.15) is 0 Å². The van der Waals surface area contributed by atoms with Gasteiger partial charge in [-0.25, -0.2) is 13.2 Å². The molecule has 0 radical (unpaired) electrons. The van der Waals surface area contributed by atoms with Crippen LogP contribution in [0.4, 0.5) is 18.9 Å². The summed E-state index contributed by atoms with van der Waals surface area (Å²) >= 11 is 1.12. The molecule has 0 aliphatic rings. The van der Waals surface area contributed by atoms with Crippen LogP contribution < -0.4 is 5.32 Å². The minimum atomic E-state index is -1.63. The molecule has 0 bridgehead atoms. The topological polar surface area (TPSA) is 72.7 Å². The van der Waals surface area contributed by atoms with Gasteiger partial charge in [0, 0.05) is 24.5 Å². The lowest BCUT2D eigenvalue weighted by Crippen LogP contribution is -2.16. The Morgan fingerprint density at radius 3 is 2.52 bits per heavy atom. The fourth-order valence-corrected chi connectivity index (χ4v) is 3.33. The number of nitrogens with one attached hydrogen (secondary N) is 1. The molecule has 1 aromatic carbocycles. The van der Waals surface area contributed by atoms with E-state index in [1.165, 1.54) is 0 Å². The number of hydrogen-bond acceptors (Lipinski definition) is 5. The lowest BCUT2D eigenvalue weighted by Gasteiger charge is -2.12. The number of hydrogen-bond donors (Lipinski definition) is 1. The average molecular weight is 421 g/mol. The summed E-state index contributed by atoms with van der Waals surface area (Å²) in [6, 6.07) is 5.35. The van der Waals surface area contributed by atoms with Crippen molar-refractivity contribution in [1.29, 1.82) is 0 Å². The highest BCUT2D eigenvalue weighted by Crippen LogP contribution is 2.25. The quantitative estimate of drug-likeness (QED) is 0.458. The molecule has 0 saturated heterocycles. The first kappa shape index (κ1) is 20.8. The molecule has 0 fully saturated rings. The number of benzene rings is 1. The van der Waals surface area contributed by atoms with E-state index in [2.05, 4.69) is 20.5 Å². The molecule has 2 aromatic heterocycles. The minimum absolute atomic E-state index is 0.106. The van der Waals surface area contributed by atoms with Gasteiger partial charge in [0.05, 0.1) is 11.4 Å². The van der Waals surface area contributed by atoms with E-state index in [1.807, 2.05) is 30.5 Å². The van der Waals surface area contributed by atoms with Crippen molar-refractivity contribution in [2.24, 2.45) is 5.92 Å². The fraction of sp³-hybridized carbons (Fsp3) is 0.263. The molecule has 0 aliphatic heterocycles. The van der Waals surface area contributed by atoms with E-state index in [9.17, 15) is 18.0 Å². The van der Waals surface area contributed by atoms with Crippen LogP contribution in [0, 0.1) is 23.4 Å². The molecule has 0 saturated carbocycles. The molecule has 1 N–H and O–H groups in total. The van der Waals surface area contributed by atoms with Crippen LogP contribution in [0.3, 0.4) is 0 Å². The predicted octanol–water partition coefficient (Wildman–Crippen LogP) is 4.14. The zero-order valence-electron chi connectivity index (χ0n) is 15.7. The first-order valence-corrected chi connectivity index (χ1v) is 9.75. The van der Waals surface area contributed by atoms with Crippen molar-refractivity contribution in [3.8, 4) is 11.4 Å². The maximum absolute atomic E-state index is 13.7. The Balaban J connectivity index is 1.74. The number of anilines is 1. The molecular weight excluding hydrogens is 403 g/mol. The summed E-state index contributed by atoms with van der Waals surface area (Å²) in [5.74, 6) is -4.12. The highest BCUT2D eigenvalue weighted by Gasteiger charge is 2.18. The van der Waals surface area contributed by atoms with Gasteiger partial charge in [-0.3, -0.25) is 9.78 Å². The number of aromatic nitrogens is 4. The third-order valence-corrected chi connectivity index (χ3v) is 4.81. The number of nitrogens with zero attached hydrogens (tertiary/aromatic N) is 4. The van der Waals surface area contributed by atoms with Gasteiger partial charge in [-0.05, 0) is 30.2 Å². The summed E-state index contributed by atoms with van der Waals surface area (Å²) in [6.07, 6.45) is 3.31. The standard InChI is InChI=1S/C19H18F3N5OS/c1-11(2)9-27-18(12-5-7-23-8-6-12)25-26-19(27)29-10-15(28)24-14-4-3-13(20)16(21)17(14)22/h3-8,11H,9-10H2,1-2H3,(H,24,28). The Morgan fingerprint density at radius 2 is 1.83 bits per heavy atom. The predicted molar refractivity (Wildman–Crippen MR) is 104 cm³/mol. The van der Waals surface area contributed by atoms with Crippen LogP contribution in [0.25, 0.3) is 11.4 Å². The van der Waals surface area contributed by atoms with E-state index >= 15 is 0 Å². The van der Waals surface area contributed by atoms with Crippen LogP contribution in [0.5, 0.6) is 0 Å². The van der Waals surface area contributed by atoms with E-state index in [-0.39, 0.29) is 5.75 Å². The van der Waals surface area contributed by atoms with Gasteiger partial charge in [-0.15, -0.1) is 10.2 Å². The Bertz CT molecular complexity index is 1010. The van der Waals surface area contributed by atoms with Gasteiger partial charge in [-0.2, -0.15) is 0 Å². The summed E-state index contributed by atoms with van der Waals surface area (Å²) in [6.45, 7) is 4.72. The summed E-state index contributed by atoms with van der Waals surface area (Å²) in [7, 11) is 0. The smallest absolute Gasteiger partial charge is 0.234 e. The highest BCUT2D eigenvalue weighted by atomic mass is 32.2. The van der Waals surface area contributed by atoms with Crippen molar-refractivity contribution in [2.45, 2.75) is 25.5 Å². The summed E-state index contributed by atoms with van der Waals surface area (Å²) in [4.78, 5) is 16.2. The van der Waals surface area contributed by atoms with Gasteiger partial charge >= 0.3 is 0 Å². The molecule has 3 rings (SSSR count). The van der Waals surface area contributed by atoms with Crippen molar-refractivity contribution < 1.29 is 18.0 Å². The molecule has 0 atom stereocenters. The maximum Gasteiger partial charge on any atom is 0.234 e. The minimum Gasteiger partial charge on any atom is -0.323 e. The first-order chi connectivity index (χ1) is 13.9. The van der Waals surface area contributed by atoms with Crippen LogP contribution in [-0.4, -0.2) is 31.4 Å². The molecule has 1 amide bonds. The van der Waals surface area contributed by atoms with E-state index in [1.54, 1.807) is 12.4 Å². The number of carbonyl (C=O) groups excluding carboxylic acids is 1. The zero-order chi connectivity index (χ0) is 21.0. The van der Waals surface area contributed by atoms with Gasteiger partial charge in [0.2, 0.25) is 5.91 Å². The van der Waals surface area contributed by atoms with Crippen molar-refractivity contribution in [2.75, 3.05) is 11.1 Å². The van der Waals surface area contributed by atoms with E-state index in [0.717, 1.165) is 29.5 Å². The summed E-state index contributed by atoms with van der Waals surface area (Å²) in [5, 5.41) is 11.1. The fourth-order valence-electron chi connectivity index (χ4n) is 2.58. The molecule has 0 aliphatic carbocycles. The van der Waals surface area contributed by atoms with Crippen LogP contribution >= 0.6 is 11.8 Å². The zero-order valence-corrected chi connectivity index (χ0v) is 16.5. The van der Waals surface area contributed by atoms with Crippen molar-refractivity contribution in [3.63, 3.8) is 0 Å². The largest absolute Gasteiger partial charge is 0.323 e. The molecule has 0 unspecified atom stereocenters. The average Bonchev–Trinajstić information content (AvgIpc) is 3.09. The number of pyridine rings is 1. The van der Waals surface area contributed by atoms with Gasteiger partial charge in [0.15, 0.2) is 28.4 Å². The van der Waals surface area contributed by atoms with Crippen LogP contribution in [0.15, 0.2) is 41.8 Å². The lowest BCUT2D eigenvalue weighted by molar-refractivity contribution is -0.113. The number of rotatable bonds is 7. The molecule has 0 spiro atoms. The maximum atomic E-state index is 13.7. The van der Waals surface area contributed by atoms with E-state index in [0.29, 0.717) is 23.4 Å². The van der Waals surface area contributed by atoms with Crippen molar-refractivity contribution in [1.82, 2.24) is 19.7 Å². The monoisotopic (exact) mass is 421 g/mol. The molecule has 2 heterocycles. The molecular formula is C19H18F3N5OS. The second kappa shape index (κ2) is 9.08. The second-order valence-corrected chi connectivity index (χ2v) is 7.55. The normalized spacial score (nSPS) is 11.1.